The second kappa shape index (κ2) is 9.75. The number of carbonyl (C=O) groups is 1. The van der Waals surface area contributed by atoms with Gasteiger partial charge in [-0.2, -0.15) is 5.10 Å². The maximum atomic E-state index is 13.5. The number of amides is 1. The van der Waals surface area contributed by atoms with Gasteiger partial charge in [-0.15, -0.1) is 0 Å². The first-order valence-corrected chi connectivity index (χ1v) is 11.5. The lowest BCUT2D eigenvalue weighted by Crippen LogP contribution is -2.43. The first-order valence-electron chi connectivity index (χ1n) is 10.7. The van der Waals surface area contributed by atoms with Crippen LogP contribution in [0.1, 0.15) is 48.3 Å². The van der Waals surface area contributed by atoms with Gasteiger partial charge < -0.3 is 9.64 Å². The molecule has 2 heterocycles. The number of rotatable bonds is 6. The topological polar surface area (TPSA) is 64.4 Å². The third kappa shape index (κ3) is 4.72. The van der Waals surface area contributed by atoms with E-state index < -0.39 is 0 Å². The number of hydrogen-bond donors (Lipinski definition) is 0. The molecule has 1 atom stereocenters. The highest BCUT2D eigenvalue weighted by molar-refractivity contribution is 9.10. The van der Waals surface area contributed by atoms with E-state index in [1.165, 1.54) is 4.68 Å². The molecule has 1 saturated heterocycles. The van der Waals surface area contributed by atoms with Crippen LogP contribution >= 0.6 is 15.9 Å². The van der Waals surface area contributed by atoms with E-state index in [1.54, 1.807) is 17.0 Å². The molecule has 1 aliphatic heterocycles. The molecule has 0 spiro atoms. The molecule has 31 heavy (non-hydrogen) atoms. The van der Waals surface area contributed by atoms with Gasteiger partial charge in [-0.25, -0.2) is 4.68 Å². The predicted octanol–water partition coefficient (Wildman–Crippen LogP) is 4.56. The highest BCUT2D eigenvalue weighted by Crippen LogP contribution is 2.25. The van der Waals surface area contributed by atoms with Crippen molar-refractivity contribution in [1.29, 1.82) is 0 Å². The molecule has 1 aliphatic rings. The van der Waals surface area contributed by atoms with Gasteiger partial charge >= 0.3 is 0 Å². The molecule has 6 nitrogen and oxygen atoms in total. The number of halogens is 1. The lowest BCUT2D eigenvalue weighted by atomic mass is 10.1. The van der Waals surface area contributed by atoms with Crippen LogP contribution in [0.3, 0.4) is 0 Å². The fourth-order valence-electron chi connectivity index (χ4n) is 3.92. The number of aryl methyl sites for hydroxylation is 1. The molecule has 3 aromatic rings. The molecule has 1 aromatic heterocycles. The van der Waals surface area contributed by atoms with Crippen LogP contribution in [0.5, 0.6) is 0 Å². The van der Waals surface area contributed by atoms with Crippen LogP contribution in [-0.4, -0.2) is 40.3 Å². The summed E-state index contributed by atoms with van der Waals surface area (Å²) >= 11 is 3.45. The average Bonchev–Trinajstić information content (AvgIpc) is 2.81. The summed E-state index contributed by atoms with van der Waals surface area (Å²) < 4.78 is 8.39. The zero-order valence-electron chi connectivity index (χ0n) is 17.6. The Kier molecular flexibility index (Phi) is 6.83. The van der Waals surface area contributed by atoms with E-state index in [4.69, 9.17) is 4.74 Å². The van der Waals surface area contributed by atoms with Crippen molar-refractivity contribution in [2.45, 2.75) is 38.8 Å². The monoisotopic (exact) mass is 483 g/mol. The number of carbonyl (C=O) groups excluding carboxylic acids is 1. The van der Waals surface area contributed by atoms with E-state index in [-0.39, 0.29) is 17.6 Å². The first-order chi connectivity index (χ1) is 15.1. The SMILES string of the molecule is CCCCCn1nc(C(=O)N2CCOC(c3ccc(Br)cc3)C2)c2ccccc2c1=O. The van der Waals surface area contributed by atoms with Crippen molar-refractivity contribution >= 4 is 32.6 Å². The van der Waals surface area contributed by atoms with Gasteiger partial charge in [0.15, 0.2) is 5.69 Å². The Labute approximate surface area is 189 Å². The van der Waals surface area contributed by atoms with E-state index in [1.807, 2.05) is 36.4 Å². The fraction of sp³-hybridized carbons (Fsp3) is 0.375. The van der Waals surface area contributed by atoms with E-state index in [9.17, 15) is 9.59 Å². The van der Waals surface area contributed by atoms with Crippen molar-refractivity contribution < 1.29 is 9.53 Å². The maximum absolute atomic E-state index is 13.5. The molecule has 162 valence electrons. The second-order valence-electron chi connectivity index (χ2n) is 7.79. The normalized spacial score (nSPS) is 16.6. The number of fused-ring (bicyclic) bond motifs is 1. The Balaban J connectivity index is 1.65. The molecule has 4 rings (SSSR count). The largest absolute Gasteiger partial charge is 0.370 e. The van der Waals surface area contributed by atoms with E-state index in [0.29, 0.717) is 42.7 Å². The van der Waals surface area contributed by atoms with Gasteiger partial charge in [0.25, 0.3) is 11.5 Å². The van der Waals surface area contributed by atoms with E-state index in [0.717, 1.165) is 29.3 Å². The summed E-state index contributed by atoms with van der Waals surface area (Å²) in [5.41, 5.74) is 1.23. The molecular formula is C24H26BrN3O3. The molecule has 7 heteroatoms. The Morgan fingerprint density at radius 3 is 2.61 bits per heavy atom. The average molecular weight is 484 g/mol. The number of nitrogens with zero attached hydrogens (tertiary/aromatic N) is 3. The van der Waals surface area contributed by atoms with Gasteiger partial charge in [-0.05, 0) is 30.2 Å². The van der Waals surface area contributed by atoms with Crippen LogP contribution in [0.15, 0.2) is 57.8 Å². The quantitative estimate of drug-likeness (QED) is 0.482. The summed E-state index contributed by atoms with van der Waals surface area (Å²) in [7, 11) is 0. The zero-order valence-corrected chi connectivity index (χ0v) is 19.2. The molecule has 0 radical (unpaired) electrons. The molecule has 1 fully saturated rings. The molecular weight excluding hydrogens is 458 g/mol. The standard InChI is InChI=1S/C24H26BrN3O3/c1-2-3-6-13-28-23(29)20-8-5-4-7-19(20)22(26-28)24(30)27-14-15-31-21(16-27)17-9-11-18(25)12-10-17/h4-5,7-12,21H,2-3,6,13-16H2,1H3. The first kappa shape index (κ1) is 21.7. The van der Waals surface area contributed by atoms with Crippen LogP contribution in [0.4, 0.5) is 0 Å². The van der Waals surface area contributed by atoms with Crippen LogP contribution in [-0.2, 0) is 11.3 Å². The summed E-state index contributed by atoms with van der Waals surface area (Å²) in [5, 5.41) is 5.67. The highest BCUT2D eigenvalue weighted by atomic mass is 79.9. The van der Waals surface area contributed by atoms with Crippen LogP contribution < -0.4 is 5.56 Å². The summed E-state index contributed by atoms with van der Waals surface area (Å²) in [6, 6.07) is 15.2. The summed E-state index contributed by atoms with van der Waals surface area (Å²) in [6.07, 6.45) is 2.74. The van der Waals surface area contributed by atoms with Gasteiger partial charge in [-0.1, -0.05) is 66.0 Å². The smallest absolute Gasteiger partial charge is 0.275 e. The molecule has 2 aromatic carbocycles. The number of morpholine rings is 1. The minimum absolute atomic E-state index is 0.141. The van der Waals surface area contributed by atoms with E-state index >= 15 is 0 Å². The third-order valence-corrected chi connectivity index (χ3v) is 6.17. The van der Waals surface area contributed by atoms with Crippen molar-refractivity contribution in [2.24, 2.45) is 0 Å². The fourth-order valence-corrected chi connectivity index (χ4v) is 4.18. The molecule has 1 amide bonds. The van der Waals surface area contributed by atoms with Crippen molar-refractivity contribution in [3.05, 3.63) is 74.6 Å². The predicted molar refractivity (Wildman–Crippen MR) is 124 cm³/mol. The lowest BCUT2D eigenvalue weighted by Gasteiger charge is -2.33. The van der Waals surface area contributed by atoms with Gasteiger partial charge in [0.2, 0.25) is 0 Å². The van der Waals surface area contributed by atoms with Crippen LogP contribution in [0.25, 0.3) is 10.8 Å². The van der Waals surface area contributed by atoms with Crippen LogP contribution in [0, 0.1) is 0 Å². The molecule has 0 N–H and O–H groups in total. The van der Waals surface area contributed by atoms with Gasteiger partial charge in [0.05, 0.1) is 18.5 Å². The number of unbranched alkanes of at least 4 members (excludes halogenated alkanes) is 2. The Bertz CT molecular complexity index is 1130. The summed E-state index contributed by atoms with van der Waals surface area (Å²) in [6.45, 7) is 4.04. The Morgan fingerprint density at radius 1 is 1.13 bits per heavy atom. The minimum atomic E-state index is -0.187. The summed E-state index contributed by atoms with van der Waals surface area (Å²) in [4.78, 5) is 28.2. The maximum Gasteiger partial charge on any atom is 0.275 e. The van der Waals surface area contributed by atoms with Crippen molar-refractivity contribution in [2.75, 3.05) is 19.7 Å². The van der Waals surface area contributed by atoms with Crippen LogP contribution in [0.2, 0.25) is 0 Å². The molecule has 0 saturated carbocycles. The third-order valence-electron chi connectivity index (χ3n) is 5.64. The Morgan fingerprint density at radius 2 is 1.87 bits per heavy atom. The van der Waals surface area contributed by atoms with E-state index in [2.05, 4.69) is 28.0 Å². The molecule has 0 bridgehead atoms. The second-order valence-corrected chi connectivity index (χ2v) is 8.71. The number of aromatic nitrogens is 2. The highest BCUT2D eigenvalue weighted by Gasteiger charge is 2.28. The summed E-state index contributed by atoms with van der Waals surface area (Å²) in [5.74, 6) is -0.161. The molecule has 0 aliphatic carbocycles. The minimum Gasteiger partial charge on any atom is -0.370 e. The number of ether oxygens (including phenoxy) is 1. The Hall–Kier alpha value is -2.51. The van der Waals surface area contributed by atoms with Crippen molar-refractivity contribution in [3.63, 3.8) is 0 Å². The van der Waals surface area contributed by atoms with Gasteiger partial charge in [0.1, 0.15) is 6.10 Å². The molecule has 1 unspecified atom stereocenters. The van der Waals surface area contributed by atoms with Gasteiger partial charge in [-0.3, -0.25) is 9.59 Å². The lowest BCUT2D eigenvalue weighted by molar-refractivity contribution is -0.0230. The van der Waals surface area contributed by atoms with Crippen molar-refractivity contribution in [3.8, 4) is 0 Å². The number of benzene rings is 2. The zero-order chi connectivity index (χ0) is 21.8. The van der Waals surface area contributed by atoms with Crippen molar-refractivity contribution in [1.82, 2.24) is 14.7 Å². The number of hydrogen-bond acceptors (Lipinski definition) is 4. The van der Waals surface area contributed by atoms with Gasteiger partial charge in [0, 0.05) is 22.9 Å².